The highest BCUT2D eigenvalue weighted by Crippen LogP contribution is 2.17. The van der Waals surface area contributed by atoms with Crippen LogP contribution in [0.2, 0.25) is 0 Å². The first-order valence-electron chi connectivity index (χ1n) is 34.5. The van der Waals surface area contributed by atoms with Crippen molar-refractivity contribution in [2.24, 2.45) is 0 Å². The average Bonchev–Trinajstić information content (AvgIpc) is 3.43. The first-order chi connectivity index (χ1) is 38.0. The molecule has 0 aliphatic rings. The number of hydrogen-bond acceptors (Lipinski definition) is 6. The molecule has 0 N–H and O–H groups in total. The molecule has 6 heteroatoms. The molecule has 0 heterocycles. The third kappa shape index (κ3) is 64.3. The van der Waals surface area contributed by atoms with Crippen LogP contribution >= 0.6 is 0 Å². The molecule has 0 aromatic rings. The molecule has 0 aromatic heterocycles. The van der Waals surface area contributed by atoms with Gasteiger partial charge in [0.05, 0.1) is 0 Å². The third-order valence-corrected chi connectivity index (χ3v) is 15.6. The van der Waals surface area contributed by atoms with Crippen LogP contribution in [0.5, 0.6) is 0 Å². The van der Waals surface area contributed by atoms with Crippen molar-refractivity contribution in [3.63, 3.8) is 0 Å². The number of carbonyl (C=O) groups is 3. The number of ether oxygens (including phenoxy) is 3. The summed E-state index contributed by atoms with van der Waals surface area (Å²) >= 11 is 0. The van der Waals surface area contributed by atoms with Crippen molar-refractivity contribution in [2.75, 3.05) is 13.2 Å². The second-order valence-electron chi connectivity index (χ2n) is 23.4. The Hall–Kier alpha value is -2.37. The molecule has 0 amide bonds. The van der Waals surface area contributed by atoms with Crippen LogP contribution in [-0.2, 0) is 28.6 Å². The number of allylic oxidation sites excluding steroid dienone is 6. The zero-order chi connectivity index (χ0) is 55.7. The van der Waals surface area contributed by atoms with E-state index in [-0.39, 0.29) is 31.1 Å². The Bertz CT molecular complexity index is 1290. The van der Waals surface area contributed by atoms with Gasteiger partial charge in [0.2, 0.25) is 0 Å². The Labute approximate surface area is 480 Å². The number of hydrogen-bond donors (Lipinski definition) is 0. The maximum absolute atomic E-state index is 12.9. The van der Waals surface area contributed by atoms with Crippen LogP contribution in [0, 0.1) is 0 Å². The van der Waals surface area contributed by atoms with Crippen LogP contribution in [0.3, 0.4) is 0 Å². The molecule has 452 valence electrons. The summed E-state index contributed by atoms with van der Waals surface area (Å²) in [7, 11) is 0. The van der Waals surface area contributed by atoms with E-state index < -0.39 is 6.10 Å². The highest BCUT2D eigenvalue weighted by Gasteiger charge is 2.19. The Kier molecular flexibility index (Phi) is 64.1. The van der Waals surface area contributed by atoms with Crippen molar-refractivity contribution in [1.29, 1.82) is 0 Å². The van der Waals surface area contributed by atoms with Gasteiger partial charge in [0.15, 0.2) is 6.10 Å². The molecule has 77 heavy (non-hydrogen) atoms. The summed E-state index contributed by atoms with van der Waals surface area (Å²) in [5.74, 6) is -0.855. The van der Waals surface area contributed by atoms with E-state index in [1.165, 1.54) is 283 Å². The zero-order valence-electron chi connectivity index (χ0n) is 52.0. The van der Waals surface area contributed by atoms with E-state index in [9.17, 15) is 14.4 Å². The fraction of sp³-hybridized carbons (Fsp3) is 0.873. The molecule has 0 rings (SSSR count). The van der Waals surface area contributed by atoms with Gasteiger partial charge in [-0.05, 0) is 96.3 Å². The van der Waals surface area contributed by atoms with Gasteiger partial charge < -0.3 is 14.2 Å². The topological polar surface area (TPSA) is 78.9 Å². The molecule has 0 spiro atoms. The van der Waals surface area contributed by atoms with Crippen LogP contribution in [0.15, 0.2) is 36.5 Å². The summed E-state index contributed by atoms with van der Waals surface area (Å²) in [4.78, 5) is 38.4. The molecule has 1 unspecified atom stereocenters. The van der Waals surface area contributed by atoms with E-state index in [2.05, 4.69) is 57.2 Å². The van der Waals surface area contributed by atoms with Gasteiger partial charge in [-0.1, -0.05) is 301 Å². The summed E-state index contributed by atoms with van der Waals surface area (Å²) in [5.41, 5.74) is 0. The average molecular weight is 1080 g/mol. The number of esters is 3. The van der Waals surface area contributed by atoms with E-state index >= 15 is 0 Å². The second kappa shape index (κ2) is 66.1. The normalized spacial score (nSPS) is 12.2. The van der Waals surface area contributed by atoms with Crippen molar-refractivity contribution in [1.82, 2.24) is 0 Å². The monoisotopic (exact) mass is 1080 g/mol. The van der Waals surface area contributed by atoms with Crippen molar-refractivity contribution in [3.8, 4) is 0 Å². The maximum Gasteiger partial charge on any atom is 0.306 e. The number of rotatable bonds is 64. The molecule has 0 aliphatic carbocycles. The minimum atomic E-state index is -0.777. The molecule has 0 saturated heterocycles. The van der Waals surface area contributed by atoms with Crippen LogP contribution in [0.4, 0.5) is 0 Å². The predicted octanol–water partition coefficient (Wildman–Crippen LogP) is 23.6. The van der Waals surface area contributed by atoms with Gasteiger partial charge >= 0.3 is 17.9 Å². The summed E-state index contributed by atoms with van der Waals surface area (Å²) in [6.45, 7) is 6.70. The summed E-state index contributed by atoms with van der Waals surface area (Å²) in [6, 6.07) is 0. The van der Waals surface area contributed by atoms with Gasteiger partial charge in [0.25, 0.3) is 0 Å². The highest BCUT2D eigenvalue weighted by atomic mass is 16.6. The summed E-state index contributed by atoms with van der Waals surface area (Å²) < 4.78 is 17.0. The van der Waals surface area contributed by atoms with Gasteiger partial charge in [0.1, 0.15) is 13.2 Å². The van der Waals surface area contributed by atoms with Crippen molar-refractivity contribution >= 4 is 17.9 Å². The molecular formula is C71H132O6. The third-order valence-electron chi connectivity index (χ3n) is 15.6. The van der Waals surface area contributed by atoms with E-state index in [1.807, 2.05) is 0 Å². The Morgan fingerprint density at radius 1 is 0.247 bits per heavy atom. The van der Waals surface area contributed by atoms with Crippen molar-refractivity contribution in [3.05, 3.63) is 36.5 Å². The van der Waals surface area contributed by atoms with Crippen LogP contribution in [0.1, 0.15) is 380 Å². The lowest BCUT2D eigenvalue weighted by atomic mass is 10.0. The second-order valence-corrected chi connectivity index (χ2v) is 23.4. The zero-order valence-corrected chi connectivity index (χ0v) is 52.0. The SMILES string of the molecule is CCCCCCCCC/C=C\CCCCCCCCCC(=O)OCC(COC(=O)CCCCCCCCCCCCC/C=C\CCCCCCCCCC)OC(=O)CCCCCCCCC/C=C\CCCCCCCCC. The van der Waals surface area contributed by atoms with Crippen LogP contribution in [0.25, 0.3) is 0 Å². The fourth-order valence-corrected chi connectivity index (χ4v) is 10.4. The molecule has 0 saturated carbocycles. The quantitative estimate of drug-likeness (QED) is 0.0261. The summed E-state index contributed by atoms with van der Waals surface area (Å²) in [5, 5.41) is 0. The molecule has 0 aliphatic heterocycles. The van der Waals surface area contributed by atoms with Crippen LogP contribution in [-0.4, -0.2) is 37.2 Å². The van der Waals surface area contributed by atoms with E-state index in [0.29, 0.717) is 19.3 Å². The Balaban J connectivity index is 4.32. The maximum atomic E-state index is 12.9. The first-order valence-corrected chi connectivity index (χ1v) is 34.5. The minimum absolute atomic E-state index is 0.0722. The van der Waals surface area contributed by atoms with Crippen molar-refractivity contribution < 1.29 is 28.6 Å². The smallest absolute Gasteiger partial charge is 0.306 e. The minimum Gasteiger partial charge on any atom is -0.462 e. The lowest BCUT2D eigenvalue weighted by Crippen LogP contribution is -2.30. The van der Waals surface area contributed by atoms with E-state index in [0.717, 1.165) is 57.8 Å². The number of unbranched alkanes of at least 4 members (excludes halogenated alkanes) is 47. The molecule has 1 atom stereocenters. The first kappa shape index (κ1) is 74.6. The lowest BCUT2D eigenvalue weighted by molar-refractivity contribution is -0.167. The molecule has 6 nitrogen and oxygen atoms in total. The Morgan fingerprint density at radius 2 is 0.429 bits per heavy atom. The highest BCUT2D eigenvalue weighted by molar-refractivity contribution is 5.71. The van der Waals surface area contributed by atoms with E-state index in [4.69, 9.17) is 14.2 Å². The lowest BCUT2D eigenvalue weighted by Gasteiger charge is -2.18. The standard InChI is InChI=1S/C71H132O6/c1-4-7-10-13-16-19-22-25-28-31-34-35-36-37-38-41-43-46-49-52-55-58-61-64-70(73)76-67-68(77-71(74)65-62-59-56-53-50-47-44-40-33-30-27-24-21-18-15-12-9-6-3)66-75-69(72)63-60-57-54-51-48-45-42-39-32-29-26-23-20-17-14-11-8-5-2/h29-34,68H,4-28,35-67H2,1-3H3/b32-29-,33-30-,34-31-. The van der Waals surface area contributed by atoms with Gasteiger partial charge in [0, 0.05) is 19.3 Å². The van der Waals surface area contributed by atoms with Gasteiger partial charge in [-0.25, -0.2) is 0 Å². The largest absolute Gasteiger partial charge is 0.462 e. The van der Waals surface area contributed by atoms with Gasteiger partial charge in [-0.3, -0.25) is 14.4 Å². The van der Waals surface area contributed by atoms with Gasteiger partial charge in [-0.15, -0.1) is 0 Å². The molecule has 0 radical (unpaired) electrons. The summed E-state index contributed by atoms with van der Waals surface area (Å²) in [6.07, 6.45) is 81.6. The molecule has 0 aromatic carbocycles. The Morgan fingerprint density at radius 3 is 0.649 bits per heavy atom. The molecule has 0 bridgehead atoms. The van der Waals surface area contributed by atoms with Crippen LogP contribution < -0.4 is 0 Å². The number of carbonyl (C=O) groups excluding carboxylic acids is 3. The molecule has 0 fully saturated rings. The van der Waals surface area contributed by atoms with Crippen molar-refractivity contribution in [2.45, 2.75) is 386 Å². The molecular weight excluding hydrogens is 949 g/mol. The fourth-order valence-electron chi connectivity index (χ4n) is 10.4. The van der Waals surface area contributed by atoms with Gasteiger partial charge in [-0.2, -0.15) is 0 Å². The predicted molar refractivity (Wildman–Crippen MR) is 335 cm³/mol. The van der Waals surface area contributed by atoms with E-state index in [1.54, 1.807) is 0 Å².